The number of rotatable bonds is 4. The van der Waals surface area contributed by atoms with Crippen LogP contribution >= 0.6 is 0 Å². The monoisotopic (exact) mass is 248 g/mol. The standard InChI is InChI=1S/C14H20N2O2/c1-3-18-14(17)10(2)12-8-15-9-13(16-12)11-6-4-5-7-11/h8-11H,3-7H2,1-2H3. The van der Waals surface area contributed by atoms with Gasteiger partial charge in [0.1, 0.15) is 0 Å². The van der Waals surface area contributed by atoms with E-state index in [1.54, 1.807) is 6.20 Å². The van der Waals surface area contributed by atoms with E-state index in [0.717, 1.165) is 11.4 Å². The number of aromatic nitrogens is 2. The summed E-state index contributed by atoms with van der Waals surface area (Å²) in [5.74, 6) is -0.0407. The van der Waals surface area contributed by atoms with Crippen LogP contribution < -0.4 is 0 Å². The molecule has 18 heavy (non-hydrogen) atoms. The summed E-state index contributed by atoms with van der Waals surface area (Å²) in [5.41, 5.74) is 1.75. The maximum absolute atomic E-state index is 11.7. The van der Waals surface area contributed by atoms with Crippen molar-refractivity contribution in [2.24, 2.45) is 0 Å². The lowest BCUT2D eigenvalue weighted by Crippen LogP contribution is -2.15. The van der Waals surface area contributed by atoms with Gasteiger partial charge in [-0.1, -0.05) is 12.8 Å². The minimum atomic E-state index is -0.334. The summed E-state index contributed by atoms with van der Waals surface area (Å²) < 4.78 is 5.02. The second kappa shape index (κ2) is 5.94. The zero-order valence-corrected chi connectivity index (χ0v) is 11.1. The third-order valence-corrected chi connectivity index (χ3v) is 3.53. The Labute approximate surface area is 108 Å². The van der Waals surface area contributed by atoms with Crippen molar-refractivity contribution >= 4 is 5.97 Å². The molecular formula is C14H20N2O2. The molecule has 0 saturated heterocycles. The number of hydrogen-bond acceptors (Lipinski definition) is 4. The van der Waals surface area contributed by atoms with E-state index in [-0.39, 0.29) is 11.9 Å². The van der Waals surface area contributed by atoms with Crippen LogP contribution in [-0.2, 0) is 9.53 Å². The molecule has 0 amide bonds. The number of carbonyl (C=O) groups excluding carboxylic acids is 1. The van der Waals surface area contributed by atoms with Crippen LogP contribution in [0.15, 0.2) is 12.4 Å². The Kier molecular flexibility index (Phi) is 4.28. The number of esters is 1. The lowest BCUT2D eigenvalue weighted by atomic mass is 10.0. The van der Waals surface area contributed by atoms with Gasteiger partial charge >= 0.3 is 5.97 Å². The van der Waals surface area contributed by atoms with Gasteiger partial charge in [-0.25, -0.2) is 0 Å². The highest BCUT2D eigenvalue weighted by atomic mass is 16.5. The summed E-state index contributed by atoms with van der Waals surface area (Å²) >= 11 is 0. The molecule has 2 rings (SSSR count). The zero-order chi connectivity index (χ0) is 13.0. The van der Waals surface area contributed by atoms with Gasteiger partial charge in [-0.3, -0.25) is 14.8 Å². The summed E-state index contributed by atoms with van der Waals surface area (Å²) in [4.78, 5) is 20.5. The highest BCUT2D eigenvalue weighted by molar-refractivity contribution is 5.76. The average molecular weight is 248 g/mol. The molecule has 1 fully saturated rings. The summed E-state index contributed by atoms with van der Waals surface area (Å²) in [6, 6.07) is 0. The molecule has 1 aliphatic carbocycles. The number of nitrogens with zero attached hydrogens (tertiary/aromatic N) is 2. The lowest BCUT2D eigenvalue weighted by molar-refractivity contribution is -0.144. The van der Waals surface area contributed by atoms with Crippen molar-refractivity contribution < 1.29 is 9.53 Å². The Balaban J connectivity index is 2.13. The maximum atomic E-state index is 11.7. The maximum Gasteiger partial charge on any atom is 0.314 e. The second-order valence-electron chi connectivity index (χ2n) is 4.82. The quantitative estimate of drug-likeness (QED) is 0.769. The molecule has 0 N–H and O–H groups in total. The van der Waals surface area contributed by atoms with Crippen LogP contribution in [0.25, 0.3) is 0 Å². The summed E-state index contributed by atoms with van der Waals surface area (Å²) in [6.45, 7) is 4.03. The van der Waals surface area contributed by atoms with Gasteiger partial charge in [0.2, 0.25) is 0 Å². The van der Waals surface area contributed by atoms with Gasteiger partial charge in [0, 0.05) is 18.3 Å². The molecule has 1 saturated carbocycles. The van der Waals surface area contributed by atoms with Crippen molar-refractivity contribution in [1.82, 2.24) is 9.97 Å². The first-order valence-corrected chi connectivity index (χ1v) is 6.70. The van der Waals surface area contributed by atoms with Gasteiger partial charge < -0.3 is 4.74 Å². The fraction of sp³-hybridized carbons (Fsp3) is 0.643. The topological polar surface area (TPSA) is 52.1 Å². The Morgan fingerprint density at radius 2 is 2.17 bits per heavy atom. The van der Waals surface area contributed by atoms with Crippen LogP contribution in [0.1, 0.15) is 62.8 Å². The molecule has 1 aromatic heterocycles. The molecule has 1 aliphatic rings. The first-order valence-electron chi connectivity index (χ1n) is 6.70. The molecule has 98 valence electrons. The van der Waals surface area contributed by atoms with Crippen molar-refractivity contribution in [2.45, 2.75) is 51.4 Å². The molecule has 0 aliphatic heterocycles. The molecule has 0 radical (unpaired) electrons. The van der Waals surface area contributed by atoms with Crippen LogP contribution in [0.2, 0.25) is 0 Å². The molecule has 0 bridgehead atoms. The Hall–Kier alpha value is -1.45. The van der Waals surface area contributed by atoms with E-state index in [9.17, 15) is 4.79 Å². The van der Waals surface area contributed by atoms with Crippen LogP contribution in [0.4, 0.5) is 0 Å². The second-order valence-corrected chi connectivity index (χ2v) is 4.82. The van der Waals surface area contributed by atoms with E-state index in [1.807, 2.05) is 20.0 Å². The molecule has 0 spiro atoms. The van der Waals surface area contributed by atoms with Crippen LogP contribution in [0.5, 0.6) is 0 Å². The molecule has 4 heteroatoms. The molecule has 1 atom stereocenters. The molecule has 1 aromatic rings. The van der Waals surface area contributed by atoms with E-state index in [4.69, 9.17) is 4.74 Å². The zero-order valence-electron chi connectivity index (χ0n) is 11.1. The number of hydrogen-bond donors (Lipinski definition) is 0. The average Bonchev–Trinajstić information content (AvgIpc) is 2.92. The number of carbonyl (C=O) groups is 1. The van der Waals surface area contributed by atoms with Crippen molar-refractivity contribution in [3.63, 3.8) is 0 Å². The van der Waals surface area contributed by atoms with Crippen molar-refractivity contribution in [1.29, 1.82) is 0 Å². The van der Waals surface area contributed by atoms with Crippen LogP contribution in [0.3, 0.4) is 0 Å². The van der Waals surface area contributed by atoms with E-state index >= 15 is 0 Å². The molecule has 0 aromatic carbocycles. The van der Waals surface area contributed by atoms with E-state index < -0.39 is 0 Å². The number of ether oxygens (including phenoxy) is 1. The molecule has 1 heterocycles. The van der Waals surface area contributed by atoms with Crippen molar-refractivity contribution in [3.05, 3.63) is 23.8 Å². The third-order valence-electron chi connectivity index (χ3n) is 3.53. The highest BCUT2D eigenvalue weighted by Gasteiger charge is 2.22. The van der Waals surface area contributed by atoms with E-state index in [1.165, 1.54) is 25.7 Å². The Morgan fingerprint density at radius 3 is 2.83 bits per heavy atom. The Bertz CT molecular complexity index is 414. The van der Waals surface area contributed by atoms with Gasteiger partial charge in [-0.2, -0.15) is 0 Å². The first kappa shape index (κ1) is 13.0. The predicted octanol–water partition coefficient (Wildman–Crippen LogP) is 2.80. The normalized spacial score (nSPS) is 17.7. The fourth-order valence-corrected chi connectivity index (χ4v) is 2.41. The summed E-state index contributed by atoms with van der Waals surface area (Å²) in [6.07, 6.45) is 8.41. The minimum Gasteiger partial charge on any atom is -0.465 e. The minimum absolute atomic E-state index is 0.227. The van der Waals surface area contributed by atoms with Crippen LogP contribution in [0, 0.1) is 0 Å². The molecule has 4 nitrogen and oxygen atoms in total. The Morgan fingerprint density at radius 1 is 1.44 bits per heavy atom. The van der Waals surface area contributed by atoms with Crippen LogP contribution in [-0.4, -0.2) is 22.5 Å². The summed E-state index contributed by atoms with van der Waals surface area (Å²) in [7, 11) is 0. The molecular weight excluding hydrogens is 228 g/mol. The SMILES string of the molecule is CCOC(=O)C(C)c1cncc(C2CCCC2)n1. The van der Waals surface area contributed by atoms with Gasteiger partial charge in [-0.05, 0) is 26.7 Å². The smallest absolute Gasteiger partial charge is 0.314 e. The van der Waals surface area contributed by atoms with Gasteiger partial charge in [-0.15, -0.1) is 0 Å². The van der Waals surface area contributed by atoms with Crippen molar-refractivity contribution in [2.75, 3.05) is 6.61 Å². The highest BCUT2D eigenvalue weighted by Crippen LogP contribution is 2.33. The van der Waals surface area contributed by atoms with E-state index in [2.05, 4.69) is 9.97 Å². The predicted molar refractivity (Wildman–Crippen MR) is 68.3 cm³/mol. The third kappa shape index (κ3) is 2.86. The lowest BCUT2D eigenvalue weighted by Gasteiger charge is -2.13. The largest absolute Gasteiger partial charge is 0.465 e. The van der Waals surface area contributed by atoms with Gasteiger partial charge in [0.25, 0.3) is 0 Å². The first-order chi connectivity index (χ1) is 8.72. The fourth-order valence-electron chi connectivity index (χ4n) is 2.41. The van der Waals surface area contributed by atoms with Crippen molar-refractivity contribution in [3.8, 4) is 0 Å². The van der Waals surface area contributed by atoms with Gasteiger partial charge in [0.05, 0.1) is 23.9 Å². The summed E-state index contributed by atoms with van der Waals surface area (Å²) in [5, 5.41) is 0. The van der Waals surface area contributed by atoms with E-state index in [0.29, 0.717) is 12.5 Å². The molecule has 1 unspecified atom stereocenters. The van der Waals surface area contributed by atoms with Gasteiger partial charge in [0.15, 0.2) is 0 Å².